The molecule has 3 aliphatic rings. The number of nitrogens with one attached hydrogen (secondary N) is 1. The zero-order valence-electron chi connectivity index (χ0n) is 14.9. The van der Waals surface area contributed by atoms with Gasteiger partial charge in [-0.05, 0) is 51.0 Å². The van der Waals surface area contributed by atoms with Gasteiger partial charge in [-0.15, -0.1) is 0 Å². The third-order valence-electron chi connectivity index (χ3n) is 6.36. The van der Waals surface area contributed by atoms with Gasteiger partial charge in [-0.2, -0.15) is 0 Å². The largest absolute Gasteiger partial charge is 0.351 e. The van der Waals surface area contributed by atoms with Gasteiger partial charge in [0.05, 0.1) is 17.5 Å². The summed E-state index contributed by atoms with van der Waals surface area (Å²) in [6.45, 7) is 4.00. The number of carbonyl (C=O) groups excluding carboxylic acids is 1. The molecule has 0 aromatic rings. The van der Waals surface area contributed by atoms with Gasteiger partial charge in [0.2, 0.25) is 5.91 Å². The van der Waals surface area contributed by atoms with E-state index in [1.54, 1.807) is 0 Å². The number of amides is 1. The van der Waals surface area contributed by atoms with E-state index in [4.69, 9.17) is 0 Å². The molecule has 1 spiro atoms. The maximum atomic E-state index is 12.6. The molecule has 6 heteroatoms. The van der Waals surface area contributed by atoms with Crippen LogP contribution < -0.4 is 5.32 Å². The Morgan fingerprint density at radius 1 is 1.12 bits per heavy atom. The highest BCUT2D eigenvalue weighted by atomic mass is 32.2. The van der Waals surface area contributed by atoms with E-state index in [1.165, 1.54) is 51.4 Å². The highest BCUT2D eigenvalue weighted by Gasteiger charge is 2.39. The van der Waals surface area contributed by atoms with Crippen LogP contribution in [0, 0.1) is 5.41 Å². The van der Waals surface area contributed by atoms with Crippen molar-refractivity contribution in [1.82, 2.24) is 10.2 Å². The number of rotatable bonds is 3. The van der Waals surface area contributed by atoms with Crippen LogP contribution in [0.3, 0.4) is 0 Å². The first kappa shape index (κ1) is 18.2. The fraction of sp³-hybridized carbons (Fsp3) is 0.944. The minimum atomic E-state index is -2.95. The van der Waals surface area contributed by atoms with Crippen molar-refractivity contribution in [2.45, 2.75) is 76.8 Å². The van der Waals surface area contributed by atoms with Gasteiger partial charge in [0.15, 0.2) is 9.84 Å². The lowest BCUT2D eigenvalue weighted by atomic mass is 9.73. The molecule has 2 heterocycles. The summed E-state index contributed by atoms with van der Waals surface area (Å²) in [5.74, 6) is 0.317. The summed E-state index contributed by atoms with van der Waals surface area (Å²) >= 11 is 0. The smallest absolute Gasteiger partial charge is 0.237 e. The van der Waals surface area contributed by atoms with E-state index in [9.17, 15) is 13.2 Å². The molecule has 2 saturated heterocycles. The van der Waals surface area contributed by atoms with Crippen LogP contribution in [-0.4, -0.2) is 55.9 Å². The Morgan fingerprint density at radius 2 is 1.79 bits per heavy atom. The average Bonchev–Trinajstić information content (AvgIpc) is 2.74. The molecule has 138 valence electrons. The molecule has 2 aliphatic heterocycles. The molecule has 0 bridgehead atoms. The van der Waals surface area contributed by atoms with Gasteiger partial charge in [-0.1, -0.05) is 25.7 Å². The number of piperidine rings is 1. The summed E-state index contributed by atoms with van der Waals surface area (Å²) < 4.78 is 23.1. The Morgan fingerprint density at radius 3 is 2.42 bits per heavy atom. The molecule has 3 fully saturated rings. The Labute approximate surface area is 146 Å². The number of likely N-dealkylation sites (tertiary alicyclic amines) is 1. The van der Waals surface area contributed by atoms with Crippen molar-refractivity contribution in [3.05, 3.63) is 0 Å². The van der Waals surface area contributed by atoms with Gasteiger partial charge in [-0.25, -0.2) is 8.42 Å². The molecule has 0 unspecified atom stereocenters. The highest BCUT2D eigenvalue weighted by Crippen LogP contribution is 2.42. The second kappa shape index (κ2) is 7.32. The van der Waals surface area contributed by atoms with E-state index in [-0.39, 0.29) is 29.5 Å². The SMILES string of the molecule is C[C@@H](C(=O)N[C@H]1CCS(=O)(=O)C1)N1CCCC2(CCCCCC2)C1. The normalized spacial score (nSPS) is 31.5. The molecule has 0 radical (unpaired) electrons. The van der Waals surface area contributed by atoms with Crippen LogP contribution in [-0.2, 0) is 14.6 Å². The van der Waals surface area contributed by atoms with Crippen LogP contribution in [0.4, 0.5) is 0 Å². The maximum absolute atomic E-state index is 12.6. The van der Waals surface area contributed by atoms with E-state index in [1.807, 2.05) is 6.92 Å². The lowest BCUT2D eigenvalue weighted by Gasteiger charge is -2.44. The van der Waals surface area contributed by atoms with Crippen molar-refractivity contribution in [1.29, 1.82) is 0 Å². The van der Waals surface area contributed by atoms with Crippen LogP contribution in [0.25, 0.3) is 0 Å². The van der Waals surface area contributed by atoms with E-state index in [0.717, 1.165) is 13.1 Å². The summed E-state index contributed by atoms with van der Waals surface area (Å²) in [5, 5.41) is 2.98. The number of hydrogen-bond acceptors (Lipinski definition) is 4. The fourth-order valence-corrected chi connectivity index (χ4v) is 6.53. The van der Waals surface area contributed by atoms with Crippen molar-refractivity contribution in [2.24, 2.45) is 5.41 Å². The van der Waals surface area contributed by atoms with Crippen molar-refractivity contribution >= 4 is 15.7 Å². The Kier molecular flexibility index (Phi) is 5.55. The third kappa shape index (κ3) is 4.31. The molecule has 2 atom stereocenters. The molecule has 1 N–H and O–H groups in total. The lowest BCUT2D eigenvalue weighted by Crippen LogP contribution is -2.53. The number of carbonyl (C=O) groups is 1. The van der Waals surface area contributed by atoms with E-state index in [0.29, 0.717) is 11.8 Å². The predicted octanol–water partition coefficient (Wildman–Crippen LogP) is 2.11. The standard InChI is InChI=1S/C18H32N2O3S/c1-15(17(21)19-16-7-12-24(22,23)13-16)20-11-6-10-18(14-20)8-4-2-3-5-9-18/h15-16H,2-14H2,1H3,(H,19,21)/t15-,16-/m0/s1. The molecule has 24 heavy (non-hydrogen) atoms. The van der Waals surface area contributed by atoms with Crippen molar-refractivity contribution in [2.75, 3.05) is 24.6 Å². The molecule has 3 rings (SSSR count). The minimum Gasteiger partial charge on any atom is -0.351 e. The molecular weight excluding hydrogens is 324 g/mol. The molecular formula is C18H32N2O3S. The zero-order valence-corrected chi connectivity index (χ0v) is 15.7. The summed E-state index contributed by atoms with van der Waals surface area (Å²) in [6.07, 6.45) is 11.0. The van der Waals surface area contributed by atoms with Gasteiger partial charge in [-0.3, -0.25) is 9.69 Å². The highest BCUT2D eigenvalue weighted by molar-refractivity contribution is 7.91. The zero-order chi connectivity index (χ0) is 17.2. The monoisotopic (exact) mass is 356 g/mol. The van der Waals surface area contributed by atoms with E-state index < -0.39 is 9.84 Å². The first-order valence-corrected chi connectivity index (χ1v) is 11.5. The predicted molar refractivity (Wildman–Crippen MR) is 95.6 cm³/mol. The summed E-state index contributed by atoms with van der Waals surface area (Å²) in [6, 6.07) is -0.352. The van der Waals surface area contributed by atoms with Crippen molar-refractivity contribution < 1.29 is 13.2 Å². The molecule has 5 nitrogen and oxygen atoms in total. The van der Waals surface area contributed by atoms with Gasteiger partial charge in [0.1, 0.15) is 0 Å². The average molecular weight is 357 g/mol. The maximum Gasteiger partial charge on any atom is 0.237 e. The molecule has 0 aromatic carbocycles. The van der Waals surface area contributed by atoms with Crippen LogP contribution in [0.1, 0.15) is 64.7 Å². The minimum absolute atomic E-state index is 0.00257. The summed E-state index contributed by atoms with van der Waals surface area (Å²) in [5.41, 5.74) is 0.417. The topological polar surface area (TPSA) is 66.5 Å². The first-order valence-electron chi connectivity index (χ1n) is 9.64. The van der Waals surface area contributed by atoms with Crippen LogP contribution in [0.15, 0.2) is 0 Å². The first-order chi connectivity index (χ1) is 11.4. The fourth-order valence-electron chi connectivity index (χ4n) is 4.86. The van der Waals surface area contributed by atoms with Gasteiger partial charge in [0.25, 0.3) is 0 Å². The van der Waals surface area contributed by atoms with E-state index in [2.05, 4.69) is 10.2 Å². The lowest BCUT2D eigenvalue weighted by molar-refractivity contribution is -0.128. The van der Waals surface area contributed by atoms with Gasteiger partial charge in [0, 0.05) is 12.6 Å². The Hall–Kier alpha value is -0.620. The van der Waals surface area contributed by atoms with Crippen molar-refractivity contribution in [3.8, 4) is 0 Å². The molecule has 1 amide bonds. The van der Waals surface area contributed by atoms with Gasteiger partial charge < -0.3 is 5.32 Å². The summed E-state index contributed by atoms with van der Waals surface area (Å²) in [4.78, 5) is 14.9. The van der Waals surface area contributed by atoms with Crippen LogP contribution in [0.2, 0.25) is 0 Å². The third-order valence-corrected chi connectivity index (χ3v) is 8.13. The van der Waals surface area contributed by atoms with Crippen LogP contribution in [0.5, 0.6) is 0 Å². The Bertz CT molecular complexity index is 553. The molecule has 0 aromatic heterocycles. The van der Waals surface area contributed by atoms with Crippen molar-refractivity contribution in [3.63, 3.8) is 0 Å². The quantitative estimate of drug-likeness (QED) is 0.841. The number of nitrogens with zero attached hydrogens (tertiary/aromatic N) is 1. The number of hydrogen-bond donors (Lipinski definition) is 1. The van der Waals surface area contributed by atoms with E-state index >= 15 is 0 Å². The molecule has 1 aliphatic carbocycles. The molecule has 1 saturated carbocycles. The second-order valence-corrected chi connectivity index (χ2v) is 10.5. The summed E-state index contributed by atoms with van der Waals surface area (Å²) in [7, 11) is -2.95. The Balaban J connectivity index is 1.57. The number of sulfone groups is 1. The second-order valence-electron chi connectivity index (χ2n) is 8.27. The van der Waals surface area contributed by atoms with Crippen LogP contribution >= 0.6 is 0 Å². The van der Waals surface area contributed by atoms with Gasteiger partial charge >= 0.3 is 0 Å².